The van der Waals surface area contributed by atoms with E-state index in [1.165, 1.54) is 4.90 Å². The number of benzene rings is 1. The molecule has 6 nitrogen and oxygen atoms in total. The average Bonchev–Trinajstić information content (AvgIpc) is 3.09. The number of likely N-dealkylation sites (tertiary alicyclic amines) is 1. The summed E-state index contributed by atoms with van der Waals surface area (Å²) in [6.07, 6.45) is 1.94. The second kappa shape index (κ2) is 7.84. The number of para-hydroxylation sites is 1. The van der Waals surface area contributed by atoms with Gasteiger partial charge >= 0.3 is 0 Å². The number of carbonyl (C=O) groups excluding carboxylic acids is 1. The Balaban J connectivity index is 1.76. The molecule has 2 atom stereocenters. The average molecular weight is 362 g/mol. The first-order valence-electron chi connectivity index (χ1n) is 8.41. The Kier molecular flexibility index (Phi) is 5.55. The SMILES string of the molecule is COc1cccc(-c2nc(C[NH+]3CCC[C@@H](C(N)=O)C3)cs2)c1OC. The Bertz CT molecular complexity index is 747. The molecule has 2 aromatic rings. The van der Waals surface area contributed by atoms with Crippen LogP contribution in [0.1, 0.15) is 18.5 Å². The molecule has 1 aromatic carbocycles. The first kappa shape index (κ1) is 17.7. The third kappa shape index (κ3) is 3.93. The molecule has 2 heterocycles. The fourth-order valence-electron chi connectivity index (χ4n) is 3.38. The smallest absolute Gasteiger partial charge is 0.226 e. The summed E-state index contributed by atoms with van der Waals surface area (Å²) in [4.78, 5) is 17.6. The zero-order valence-electron chi connectivity index (χ0n) is 14.6. The zero-order chi connectivity index (χ0) is 17.8. The van der Waals surface area contributed by atoms with Gasteiger partial charge in [0.25, 0.3) is 0 Å². The first-order chi connectivity index (χ1) is 12.1. The maximum absolute atomic E-state index is 11.4. The molecule has 3 N–H and O–H groups in total. The largest absolute Gasteiger partial charge is 0.493 e. The van der Waals surface area contributed by atoms with E-state index in [-0.39, 0.29) is 11.8 Å². The van der Waals surface area contributed by atoms with Crippen LogP contribution in [-0.4, -0.2) is 38.2 Å². The van der Waals surface area contributed by atoms with Crippen molar-refractivity contribution in [2.45, 2.75) is 19.4 Å². The Morgan fingerprint density at radius 1 is 1.40 bits per heavy atom. The summed E-state index contributed by atoms with van der Waals surface area (Å²) < 4.78 is 10.9. The van der Waals surface area contributed by atoms with E-state index >= 15 is 0 Å². The molecule has 1 amide bonds. The molecule has 0 radical (unpaired) electrons. The monoisotopic (exact) mass is 362 g/mol. The number of nitrogens with zero attached hydrogens (tertiary/aromatic N) is 1. The number of ether oxygens (including phenoxy) is 2. The molecule has 0 bridgehead atoms. The number of nitrogens with two attached hydrogens (primary N) is 1. The number of primary amides is 1. The molecular formula is C18H24N3O3S+. The van der Waals surface area contributed by atoms with Crippen LogP contribution in [0, 0.1) is 5.92 Å². The molecule has 1 aliphatic heterocycles. The lowest BCUT2D eigenvalue weighted by atomic mass is 9.97. The van der Waals surface area contributed by atoms with E-state index in [0.29, 0.717) is 11.5 Å². The van der Waals surface area contributed by atoms with Crippen LogP contribution in [0.4, 0.5) is 0 Å². The molecule has 7 heteroatoms. The van der Waals surface area contributed by atoms with Crippen LogP contribution in [0.2, 0.25) is 0 Å². The van der Waals surface area contributed by atoms with Gasteiger partial charge in [-0.1, -0.05) is 6.07 Å². The second-order valence-electron chi connectivity index (χ2n) is 6.31. The summed E-state index contributed by atoms with van der Waals surface area (Å²) in [5, 5.41) is 2.99. The Morgan fingerprint density at radius 2 is 2.24 bits per heavy atom. The van der Waals surface area contributed by atoms with Crippen molar-refractivity contribution in [1.29, 1.82) is 0 Å². The van der Waals surface area contributed by atoms with Crippen LogP contribution < -0.4 is 20.1 Å². The van der Waals surface area contributed by atoms with Gasteiger partial charge in [-0.05, 0) is 25.0 Å². The van der Waals surface area contributed by atoms with E-state index in [0.717, 1.165) is 48.7 Å². The number of rotatable bonds is 6. The van der Waals surface area contributed by atoms with Gasteiger partial charge in [0.1, 0.15) is 17.2 Å². The number of nitrogens with one attached hydrogen (secondary N) is 1. The van der Waals surface area contributed by atoms with Crippen molar-refractivity contribution in [2.75, 3.05) is 27.3 Å². The molecular weight excluding hydrogens is 338 g/mol. The topological polar surface area (TPSA) is 78.9 Å². The van der Waals surface area contributed by atoms with E-state index < -0.39 is 0 Å². The van der Waals surface area contributed by atoms with Gasteiger partial charge in [-0.3, -0.25) is 4.79 Å². The van der Waals surface area contributed by atoms with Crippen LogP contribution in [0.5, 0.6) is 11.5 Å². The van der Waals surface area contributed by atoms with Crippen molar-refractivity contribution in [2.24, 2.45) is 11.7 Å². The van der Waals surface area contributed by atoms with E-state index in [2.05, 4.69) is 5.38 Å². The zero-order valence-corrected chi connectivity index (χ0v) is 15.4. The van der Waals surface area contributed by atoms with Crippen molar-refractivity contribution in [1.82, 2.24) is 4.98 Å². The van der Waals surface area contributed by atoms with Crippen LogP contribution in [0.25, 0.3) is 10.6 Å². The number of piperidine rings is 1. The minimum atomic E-state index is -0.183. The molecule has 1 aliphatic rings. The minimum absolute atomic E-state index is 0.0136. The van der Waals surface area contributed by atoms with Crippen LogP contribution in [0.3, 0.4) is 0 Å². The molecule has 0 saturated carbocycles. The number of quaternary nitrogens is 1. The highest BCUT2D eigenvalue weighted by Crippen LogP contribution is 2.38. The third-order valence-electron chi connectivity index (χ3n) is 4.64. The molecule has 0 spiro atoms. The predicted octanol–water partition coefficient (Wildman–Crippen LogP) is 1.11. The maximum atomic E-state index is 11.4. The molecule has 1 aromatic heterocycles. The second-order valence-corrected chi connectivity index (χ2v) is 7.17. The van der Waals surface area contributed by atoms with Gasteiger partial charge < -0.3 is 20.1 Å². The highest BCUT2D eigenvalue weighted by atomic mass is 32.1. The number of hydrogen-bond donors (Lipinski definition) is 2. The highest BCUT2D eigenvalue weighted by molar-refractivity contribution is 7.13. The van der Waals surface area contributed by atoms with Crippen LogP contribution in [0.15, 0.2) is 23.6 Å². The van der Waals surface area contributed by atoms with E-state index in [1.54, 1.807) is 25.6 Å². The van der Waals surface area contributed by atoms with Gasteiger partial charge in [0, 0.05) is 5.38 Å². The molecule has 3 rings (SSSR count). The minimum Gasteiger partial charge on any atom is -0.493 e. The van der Waals surface area contributed by atoms with Gasteiger partial charge in [-0.15, -0.1) is 11.3 Å². The van der Waals surface area contributed by atoms with Crippen molar-refractivity contribution >= 4 is 17.2 Å². The van der Waals surface area contributed by atoms with E-state index in [9.17, 15) is 4.79 Å². The van der Waals surface area contributed by atoms with Crippen LogP contribution in [-0.2, 0) is 11.3 Å². The summed E-state index contributed by atoms with van der Waals surface area (Å²) in [6.45, 7) is 2.66. The van der Waals surface area contributed by atoms with Gasteiger partial charge in [0.05, 0.1) is 38.8 Å². The van der Waals surface area contributed by atoms with E-state index in [4.69, 9.17) is 20.2 Å². The summed E-state index contributed by atoms with van der Waals surface area (Å²) in [7, 11) is 3.27. The van der Waals surface area contributed by atoms with E-state index in [1.807, 2.05) is 18.2 Å². The number of carbonyl (C=O) groups is 1. The third-order valence-corrected chi connectivity index (χ3v) is 5.56. The Morgan fingerprint density at radius 3 is 2.96 bits per heavy atom. The predicted molar refractivity (Wildman–Crippen MR) is 97.0 cm³/mol. The first-order valence-corrected chi connectivity index (χ1v) is 9.29. The molecule has 25 heavy (non-hydrogen) atoms. The lowest BCUT2D eigenvalue weighted by Crippen LogP contribution is -3.12. The number of methoxy groups -OCH3 is 2. The van der Waals surface area contributed by atoms with Crippen molar-refractivity contribution < 1.29 is 19.2 Å². The lowest BCUT2D eigenvalue weighted by Gasteiger charge is -2.27. The fraction of sp³-hybridized carbons (Fsp3) is 0.444. The molecule has 1 fully saturated rings. The quantitative estimate of drug-likeness (QED) is 0.807. The molecule has 134 valence electrons. The maximum Gasteiger partial charge on any atom is 0.226 e. The fourth-order valence-corrected chi connectivity index (χ4v) is 4.22. The van der Waals surface area contributed by atoms with Crippen molar-refractivity contribution in [3.8, 4) is 22.1 Å². The highest BCUT2D eigenvalue weighted by Gasteiger charge is 2.27. The van der Waals surface area contributed by atoms with Gasteiger partial charge in [-0.25, -0.2) is 4.98 Å². The summed E-state index contributed by atoms with van der Waals surface area (Å²) >= 11 is 1.60. The van der Waals surface area contributed by atoms with Crippen molar-refractivity contribution in [3.63, 3.8) is 0 Å². The standard InChI is InChI=1S/C18H23N3O3S/c1-23-15-7-3-6-14(16(15)24-2)18-20-13(11-25-18)10-21-8-4-5-12(9-21)17(19)22/h3,6-7,11-12H,4-5,8-10H2,1-2H3,(H2,19,22)/p+1/t12-/m1/s1. The Hall–Kier alpha value is -2.12. The van der Waals surface area contributed by atoms with Crippen LogP contribution >= 0.6 is 11.3 Å². The number of amides is 1. The van der Waals surface area contributed by atoms with Gasteiger partial charge in [0.2, 0.25) is 5.91 Å². The summed E-state index contributed by atoms with van der Waals surface area (Å²) in [5.41, 5.74) is 7.44. The normalized spacial score (nSPS) is 20.2. The lowest BCUT2D eigenvalue weighted by molar-refractivity contribution is -0.921. The summed E-state index contributed by atoms with van der Waals surface area (Å²) in [6, 6.07) is 5.80. The molecule has 0 aliphatic carbocycles. The molecule has 1 saturated heterocycles. The number of aromatic nitrogens is 1. The van der Waals surface area contributed by atoms with Gasteiger partial charge in [-0.2, -0.15) is 0 Å². The number of thiazole rings is 1. The number of hydrogen-bond acceptors (Lipinski definition) is 5. The van der Waals surface area contributed by atoms with Gasteiger partial charge in [0.15, 0.2) is 11.5 Å². The molecule has 1 unspecified atom stereocenters. The summed E-state index contributed by atoms with van der Waals surface area (Å²) in [5.74, 6) is 1.20. The van der Waals surface area contributed by atoms with Crippen molar-refractivity contribution in [3.05, 3.63) is 29.3 Å². The Labute approximate surface area is 151 Å².